The number of alkyl halides is 1. The minimum atomic E-state index is 0.723. The van der Waals surface area contributed by atoms with Crippen molar-refractivity contribution in [1.29, 1.82) is 0 Å². The SMILES string of the molecule is Cc1ccc(S)c(CCCCl)c1. The zero-order chi connectivity index (χ0) is 8.97. The maximum atomic E-state index is 5.62. The molecule has 0 aliphatic heterocycles. The van der Waals surface area contributed by atoms with Crippen LogP contribution >= 0.6 is 24.2 Å². The molecule has 0 fully saturated rings. The molecular weight excluding hydrogens is 188 g/mol. The molecule has 0 atom stereocenters. The predicted molar refractivity (Wildman–Crippen MR) is 57.5 cm³/mol. The first-order valence-corrected chi connectivity index (χ1v) is 5.06. The van der Waals surface area contributed by atoms with Gasteiger partial charge in [-0.2, -0.15) is 0 Å². The first kappa shape index (κ1) is 9.94. The molecule has 66 valence electrons. The maximum absolute atomic E-state index is 5.62. The molecular formula is C10H13ClS. The van der Waals surface area contributed by atoms with Gasteiger partial charge in [-0.1, -0.05) is 17.7 Å². The van der Waals surface area contributed by atoms with Gasteiger partial charge in [-0.3, -0.25) is 0 Å². The Morgan fingerprint density at radius 2 is 2.17 bits per heavy atom. The van der Waals surface area contributed by atoms with E-state index < -0.39 is 0 Å². The van der Waals surface area contributed by atoms with Crippen molar-refractivity contribution in [2.75, 3.05) is 5.88 Å². The van der Waals surface area contributed by atoms with Crippen LogP contribution in [0.25, 0.3) is 0 Å². The van der Waals surface area contributed by atoms with Gasteiger partial charge in [0.05, 0.1) is 0 Å². The molecule has 0 saturated carbocycles. The Balaban J connectivity index is 2.75. The highest BCUT2D eigenvalue weighted by Gasteiger charge is 1.98. The zero-order valence-electron chi connectivity index (χ0n) is 7.18. The summed E-state index contributed by atoms with van der Waals surface area (Å²) < 4.78 is 0. The Labute approximate surface area is 84.3 Å². The third-order valence-corrected chi connectivity index (χ3v) is 2.52. The van der Waals surface area contributed by atoms with Crippen molar-refractivity contribution >= 4 is 24.2 Å². The van der Waals surface area contributed by atoms with Gasteiger partial charge in [0.2, 0.25) is 0 Å². The zero-order valence-corrected chi connectivity index (χ0v) is 8.83. The third kappa shape index (κ3) is 2.72. The Morgan fingerprint density at radius 1 is 1.42 bits per heavy atom. The first-order valence-electron chi connectivity index (χ1n) is 4.08. The molecule has 2 heteroatoms. The first-order chi connectivity index (χ1) is 5.74. The Hall–Kier alpha value is -0.140. The number of rotatable bonds is 3. The molecule has 0 heterocycles. The molecule has 1 rings (SSSR count). The van der Waals surface area contributed by atoms with E-state index in [1.165, 1.54) is 11.1 Å². The molecule has 0 unspecified atom stereocenters. The lowest BCUT2D eigenvalue weighted by atomic mass is 10.1. The summed E-state index contributed by atoms with van der Waals surface area (Å²) >= 11 is 9.99. The molecule has 0 radical (unpaired) electrons. The van der Waals surface area contributed by atoms with Crippen LogP contribution < -0.4 is 0 Å². The summed E-state index contributed by atoms with van der Waals surface area (Å²) in [5, 5.41) is 0. The second-order valence-electron chi connectivity index (χ2n) is 2.92. The Bertz CT molecular complexity index is 258. The van der Waals surface area contributed by atoms with Crippen LogP contribution in [0.1, 0.15) is 17.5 Å². The van der Waals surface area contributed by atoms with E-state index in [1.54, 1.807) is 0 Å². The van der Waals surface area contributed by atoms with Crippen LogP contribution in [0.15, 0.2) is 23.1 Å². The van der Waals surface area contributed by atoms with E-state index in [9.17, 15) is 0 Å². The average Bonchev–Trinajstić information content (AvgIpc) is 2.07. The van der Waals surface area contributed by atoms with E-state index in [0.29, 0.717) is 0 Å². The summed E-state index contributed by atoms with van der Waals surface area (Å²) in [6.07, 6.45) is 2.06. The summed E-state index contributed by atoms with van der Waals surface area (Å²) in [6.45, 7) is 2.09. The predicted octanol–water partition coefficient (Wildman–Crippen LogP) is 3.46. The molecule has 0 saturated heterocycles. The lowest BCUT2D eigenvalue weighted by Gasteiger charge is -2.04. The number of hydrogen-bond donors (Lipinski definition) is 1. The third-order valence-electron chi connectivity index (χ3n) is 1.81. The van der Waals surface area contributed by atoms with Crippen LogP contribution in [0.4, 0.5) is 0 Å². The number of halogens is 1. The normalized spacial score (nSPS) is 10.2. The van der Waals surface area contributed by atoms with Gasteiger partial charge in [0.1, 0.15) is 0 Å². The lowest BCUT2D eigenvalue weighted by molar-refractivity contribution is 0.906. The molecule has 12 heavy (non-hydrogen) atoms. The van der Waals surface area contributed by atoms with Gasteiger partial charge in [-0.25, -0.2) is 0 Å². The van der Waals surface area contributed by atoms with Crippen LogP contribution in [0.3, 0.4) is 0 Å². The highest BCUT2D eigenvalue weighted by Crippen LogP contribution is 2.17. The molecule has 0 aliphatic carbocycles. The van der Waals surface area contributed by atoms with Crippen LogP contribution in [-0.4, -0.2) is 5.88 Å². The minimum Gasteiger partial charge on any atom is -0.143 e. The maximum Gasteiger partial charge on any atom is 0.0226 e. The fourth-order valence-electron chi connectivity index (χ4n) is 1.17. The molecule has 0 amide bonds. The quantitative estimate of drug-likeness (QED) is 0.561. The largest absolute Gasteiger partial charge is 0.143 e. The number of hydrogen-bond acceptors (Lipinski definition) is 1. The Kier molecular flexibility index (Phi) is 3.96. The minimum absolute atomic E-state index is 0.723. The highest BCUT2D eigenvalue weighted by atomic mass is 35.5. The van der Waals surface area contributed by atoms with Crippen molar-refractivity contribution in [2.24, 2.45) is 0 Å². The second-order valence-corrected chi connectivity index (χ2v) is 3.78. The van der Waals surface area contributed by atoms with Gasteiger partial charge in [-0.05, 0) is 31.4 Å². The fraction of sp³-hybridized carbons (Fsp3) is 0.400. The van der Waals surface area contributed by atoms with Crippen molar-refractivity contribution in [3.05, 3.63) is 29.3 Å². The Morgan fingerprint density at radius 3 is 2.83 bits per heavy atom. The monoisotopic (exact) mass is 200 g/mol. The molecule has 0 spiro atoms. The smallest absolute Gasteiger partial charge is 0.0226 e. The van der Waals surface area contributed by atoms with E-state index >= 15 is 0 Å². The van der Waals surface area contributed by atoms with Gasteiger partial charge >= 0.3 is 0 Å². The van der Waals surface area contributed by atoms with Gasteiger partial charge in [0, 0.05) is 10.8 Å². The van der Waals surface area contributed by atoms with Crippen LogP contribution in [-0.2, 0) is 6.42 Å². The van der Waals surface area contributed by atoms with Crippen molar-refractivity contribution in [1.82, 2.24) is 0 Å². The summed E-state index contributed by atoms with van der Waals surface area (Å²) in [5.41, 5.74) is 2.59. The number of aryl methyl sites for hydroxylation is 2. The van der Waals surface area contributed by atoms with Gasteiger partial charge < -0.3 is 0 Å². The van der Waals surface area contributed by atoms with Crippen molar-refractivity contribution in [3.8, 4) is 0 Å². The highest BCUT2D eigenvalue weighted by molar-refractivity contribution is 7.80. The van der Waals surface area contributed by atoms with E-state index in [0.717, 1.165) is 23.6 Å². The van der Waals surface area contributed by atoms with Crippen molar-refractivity contribution < 1.29 is 0 Å². The van der Waals surface area contributed by atoms with Crippen LogP contribution in [0.2, 0.25) is 0 Å². The fourth-order valence-corrected chi connectivity index (χ4v) is 1.56. The van der Waals surface area contributed by atoms with E-state index in [1.807, 2.05) is 6.07 Å². The average molecular weight is 201 g/mol. The molecule has 0 nitrogen and oxygen atoms in total. The summed E-state index contributed by atoms with van der Waals surface area (Å²) in [5.74, 6) is 0.723. The number of thiol groups is 1. The van der Waals surface area contributed by atoms with Crippen LogP contribution in [0.5, 0.6) is 0 Å². The van der Waals surface area contributed by atoms with Crippen molar-refractivity contribution in [3.63, 3.8) is 0 Å². The van der Waals surface area contributed by atoms with E-state index in [4.69, 9.17) is 11.6 Å². The summed E-state index contributed by atoms with van der Waals surface area (Å²) in [6, 6.07) is 6.30. The van der Waals surface area contributed by atoms with Crippen LogP contribution in [0, 0.1) is 6.92 Å². The molecule has 0 N–H and O–H groups in total. The van der Waals surface area contributed by atoms with Crippen molar-refractivity contribution in [2.45, 2.75) is 24.7 Å². The second kappa shape index (κ2) is 4.78. The molecule has 0 bridgehead atoms. The van der Waals surface area contributed by atoms with E-state index in [-0.39, 0.29) is 0 Å². The molecule has 1 aromatic carbocycles. The van der Waals surface area contributed by atoms with Gasteiger partial charge in [0.25, 0.3) is 0 Å². The lowest BCUT2D eigenvalue weighted by Crippen LogP contribution is -1.89. The molecule has 1 aromatic rings. The topological polar surface area (TPSA) is 0 Å². The molecule has 0 aromatic heterocycles. The molecule has 0 aliphatic rings. The van der Waals surface area contributed by atoms with Gasteiger partial charge in [-0.15, -0.1) is 24.2 Å². The van der Waals surface area contributed by atoms with E-state index in [2.05, 4.69) is 31.7 Å². The number of benzene rings is 1. The summed E-state index contributed by atoms with van der Waals surface area (Å²) in [4.78, 5) is 1.07. The van der Waals surface area contributed by atoms with Gasteiger partial charge in [0.15, 0.2) is 0 Å². The standard InChI is InChI=1S/C10H13ClS/c1-8-4-5-10(12)9(7-8)3-2-6-11/h4-5,7,12H,2-3,6H2,1H3. The summed E-state index contributed by atoms with van der Waals surface area (Å²) in [7, 11) is 0.